The van der Waals surface area contributed by atoms with Gasteiger partial charge in [0.05, 0.1) is 6.54 Å². The summed E-state index contributed by atoms with van der Waals surface area (Å²) in [4.78, 5) is 28.3. The molecule has 2 fully saturated rings. The van der Waals surface area contributed by atoms with Crippen LogP contribution in [0.15, 0.2) is 10.7 Å². The molecular formula is C12H13F3N4O3. The summed E-state index contributed by atoms with van der Waals surface area (Å²) >= 11 is 0. The van der Waals surface area contributed by atoms with Crippen molar-refractivity contribution in [1.82, 2.24) is 20.3 Å². The van der Waals surface area contributed by atoms with Crippen molar-refractivity contribution in [3.63, 3.8) is 0 Å². The van der Waals surface area contributed by atoms with Crippen LogP contribution in [-0.2, 0) is 0 Å². The number of amides is 3. The Morgan fingerprint density at radius 2 is 2.14 bits per heavy atom. The molecule has 1 aliphatic heterocycles. The van der Waals surface area contributed by atoms with E-state index < -0.39 is 24.7 Å². The van der Waals surface area contributed by atoms with Gasteiger partial charge in [0, 0.05) is 12.5 Å². The van der Waals surface area contributed by atoms with Gasteiger partial charge in [-0.25, -0.2) is 14.8 Å². The Morgan fingerprint density at radius 1 is 1.41 bits per heavy atom. The van der Waals surface area contributed by atoms with E-state index >= 15 is 0 Å². The van der Waals surface area contributed by atoms with Gasteiger partial charge in [0.1, 0.15) is 12.8 Å². The summed E-state index contributed by atoms with van der Waals surface area (Å²) in [6.45, 7) is -1.47. The number of carbonyl (C=O) groups is 2. The van der Waals surface area contributed by atoms with Crippen molar-refractivity contribution in [1.29, 1.82) is 0 Å². The lowest BCUT2D eigenvalue weighted by Crippen LogP contribution is -2.46. The van der Waals surface area contributed by atoms with E-state index in [1.807, 2.05) is 0 Å². The smallest absolute Gasteiger partial charge is 0.406 e. The number of oxazole rings is 1. The number of halogens is 3. The third kappa shape index (κ3) is 3.15. The molecular weight excluding hydrogens is 305 g/mol. The van der Waals surface area contributed by atoms with Crippen LogP contribution in [0.3, 0.4) is 0 Å². The highest BCUT2D eigenvalue weighted by atomic mass is 19.4. The molecule has 10 heteroatoms. The van der Waals surface area contributed by atoms with Gasteiger partial charge >= 0.3 is 12.2 Å². The number of aromatic nitrogens is 1. The second-order valence-electron chi connectivity index (χ2n) is 5.26. The lowest BCUT2D eigenvalue weighted by atomic mass is 10.4. The van der Waals surface area contributed by atoms with E-state index in [0.29, 0.717) is 10.8 Å². The van der Waals surface area contributed by atoms with Gasteiger partial charge in [-0.2, -0.15) is 13.2 Å². The van der Waals surface area contributed by atoms with Crippen LogP contribution in [0.25, 0.3) is 0 Å². The van der Waals surface area contributed by atoms with E-state index in [2.05, 4.69) is 10.4 Å². The van der Waals surface area contributed by atoms with Crippen molar-refractivity contribution in [2.75, 3.05) is 19.6 Å². The molecule has 3 rings (SSSR count). The first kappa shape index (κ1) is 14.7. The van der Waals surface area contributed by atoms with Crippen LogP contribution in [0.5, 0.6) is 0 Å². The number of alkyl halides is 3. The van der Waals surface area contributed by atoms with Crippen LogP contribution in [0, 0.1) is 0 Å². The number of rotatable bonds is 4. The summed E-state index contributed by atoms with van der Waals surface area (Å²) in [6.07, 6.45) is -1.38. The molecule has 0 unspecified atom stereocenters. The van der Waals surface area contributed by atoms with E-state index in [1.165, 1.54) is 6.26 Å². The second kappa shape index (κ2) is 5.18. The summed E-state index contributed by atoms with van der Waals surface area (Å²) in [6, 6.07) is -0.892. The summed E-state index contributed by atoms with van der Waals surface area (Å²) in [7, 11) is 0. The molecule has 1 N–H and O–H groups in total. The largest absolute Gasteiger partial charge is 0.448 e. The van der Waals surface area contributed by atoms with E-state index in [-0.39, 0.29) is 24.7 Å². The molecule has 22 heavy (non-hydrogen) atoms. The minimum atomic E-state index is -4.47. The molecule has 0 atom stereocenters. The molecule has 2 aliphatic rings. The molecule has 0 aromatic carbocycles. The molecule has 0 bridgehead atoms. The molecule has 0 radical (unpaired) electrons. The molecule has 1 saturated carbocycles. The maximum absolute atomic E-state index is 12.3. The SMILES string of the molecule is O=C(NN1CCN(CC(F)(F)F)C1=O)c1coc(C2CC2)n1. The maximum Gasteiger partial charge on any atom is 0.406 e. The highest BCUT2D eigenvalue weighted by Gasteiger charge is 2.39. The summed E-state index contributed by atoms with van der Waals surface area (Å²) in [5.41, 5.74) is 2.25. The standard InChI is InChI=1S/C12H13F3N4O3/c13-12(14,15)6-18-3-4-19(11(18)21)17-9(20)8-5-22-10(16-8)7-1-2-7/h5,7H,1-4,6H2,(H,17,20). The third-order valence-corrected chi connectivity index (χ3v) is 3.38. The normalized spacial score (nSPS) is 19.0. The predicted octanol–water partition coefficient (Wildman–Crippen LogP) is 1.50. The third-order valence-electron chi connectivity index (χ3n) is 3.38. The van der Waals surface area contributed by atoms with Crippen LogP contribution in [0.2, 0.25) is 0 Å². The average molecular weight is 318 g/mol. The number of hydrogen-bond acceptors (Lipinski definition) is 4. The van der Waals surface area contributed by atoms with E-state index in [4.69, 9.17) is 4.42 Å². The van der Waals surface area contributed by atoms with Crippen molar-refractivity contribution in [3.8, 4) is 0 Å². The van der Waals surface area contributed by atoms with Crippen molar-refractivity contribution < 1.29 is 27.2 Å². The molecule has 120 valence electrons. The Bertz CT molecular complexity index is 597. The van der Waals surface area contributed by atoms with Gasteiger partial charge in [-0.1, -0.05) is 0 Å². The zero-order chi connectivity index (χ0) is 15.9. The lowest BCUT2D eigenvalue weighted by Gasteiger charge is -2.19. The van der Waals surface area contributed by atoms with Crippen molar-refractivity contribution in [2.24, 2.45) is 0 Å². The van der Waals surface area contributed by atoms with Gasteiger partial charge in [-0.3, -0.25) is 10.2 Å². The van der Waals surface area contributed by atoms with Crippen molar-refractivity contribution in [3.05, 3.63) is 17.8 Å². The minimum absolute atomic E-state index is 0.00368. The first-order chi connectivity index (χ1) is 10.3. The minimum Gasteiger partial charge on any atom is -0.448 e. The van der Waals surface area contributed by atoms with Crippen LogP contribution < -0.4 is 5.43 Å². The fourth-order valence-electron chi connectivity index (χ4n) is 2.14. The average Bonchev–Trinajstić information content (AvgIpc) is 3.07. The number of nitrogens with one attached hydrogen (secondary N) is 1. The van der Waals surface area contributed by atoms with Gasteiger partial charge in [-0.05, 0) is 12.8 Å². The predicted molar refractivity (Wildman–Crippen MR) is 65.7 cm³/mol. The number of hydrazine groups is 1. The van der Waals surface area contributed by atoms with Gasteiger partial charge in [0.15, 0.2) is 11.6 Å². The maximum atomic E-state index is 12.3. The highest BCUT2D eigenvalue weighted by molar-refractivity contribution is 5.93. The molecule has 1 aromatic heterocycles. The van der Waals surface area contributed by atoms with Crippen molar-refractivity contribution in [2.45, 2.75) is 24.9 Å². The van der Waals surface area contributed by atoms with Crippen LogP contribution in [0.4, 0.5) is 18.0 Å². The van der Waals surface area contributed by atoms with Gasteiger partial charge in [0.25, 0.3) is 5.91 Å². The molecule has 2 heterocycles. The van der Waals surface area contributed by atoms with Crippen LogP contribution >= 0.6 is 0 Å². The van der Waals surface area contributed by atoms with Gasteiger partial charge in [0.2, 0.25) is 0 Å². The lowest BCUT2D eigenvalue weighted by molar-refractivity contribution is -0.138. The fraction of sp³-hybridized carbons (Fsp3) is 0.583. The number of hydrogen-bond donors (Lipinski definition) is 1. The first-order valence-electron chi connectivity index (χ1n) is 6.73. The monoisotopic (exact) mass is 318 g/mol. The van der Waals surface area contributed by atoms with Gasteiger partial charge < -0.3 is 9.32 Å². The fourth-order valence-corrected chi connectivity index (χ4v) is 2.14. The van der Waals surface area contributed by atoms with Gasteiger partial charge in [-0.15, -0.1) is 0 Å². The quantitative estimate of drug-likeness (QED) is 0.912. The molecule has 1 aliphatic carbocycles. The number of carbonyl (C=O) groups excluding carboxylic acids is 2. The summed E-state index contributed by atoms with van der Waals surface area (Å²) < 4.78 is 42.0. The van der Waals surface area contributed by atoms with Crippen molar-refractivity contribution >= 4 is 11.9 Å². The Balaban J connectivity index is 1.58. The molecule has 3 amide bonds. The van der Waals surface area contributed by atoms with Crippen LogP contribution in [-0.4, -0.2) is 52.6 Å². The Hall–Kier alpha value is -2.26. The second-order valence-corrected chi connectivity index (χ2v) is 5.26. The Morgan fingerprint density at radius 3 is 2.77 bits per heavy atom. The summed E-state index contributed by atoms with van der Waals surface area (Å²) in [5.74, 6) is 0.0201. The zero-order valence-corrected chi connectivity index (χ0v) is 11.4. The first-order valence-corrected chi connectivity index (χ1v) is 6.73. The molecule has 7 nitrogen and oxygen atoms in total. The molecule has 1 aromatic rings. The van der Waals surface area contributed by atoms with E-state index in [0.717, 1.165) is 17.9 Å². The number of urea groups is 1. The molecule has 1 saturated heterocycles. The van der Waals surface area contributed by atoms with E-state index in [9.17, 15) is 22.8 Å². The van der Waals surface area contributed by atoms with Crippen LogP contribution in [0.1, 0.15) is 35.1 Å². The highest BCUT2D eigenvalue weighted by Crippen LogP contribution is 2.39. The van der Waals surface area contributed by atoms with E-state index in [1.54, 1.807) is 0 Å². The topological polar surface area (TPSA) is 78.7 Å². The summed E-state index contributed by atoms with van der Waals surface area (Å²) in [5, 5.41) is 0.847. The Labute approximate surface area is 123 Å². The Kier molecular flexibility index (Phi) is 3.45. The number of nitrogens with zero attached hydrogens (tertiary/aromatic N) is 3. The zero-order valence-electron chi connectivity index (χ0n) is 11.4. The molecule has 0 spiro atoms.